The Balaban J connectivity index is 1.70. The van der Waals surface area contributed by atoms with Crippen LogP contribution in [0.2, 0.25) is 0 Å². The first kappa shape index (κ1) is 21.4. The van der Waals surface area contributed by atoms with Gasteiger partial charge in [-0.15, -0.1) is 0 Å². The van der Waals surface area contributed by atoms with Gasteiger partial charge in [0.15, 0.2) is 0 Å². The molecule has 150 valence electrons. The van der Waals surface area contributed by atoms with Crippen LogP contribution in [-0.4, -0.2) is 50.5 Å². The average molecular weight is 468 g/mol. The predicted molar refractivity (Wildman–Crippen MR) is 131 cm³/mol. The fraction of sp³-hybridized carbons (Fsp3) is 0.167. The standard InChI is InChI=1S/C24H20B2BrN3O/c1-14-5-4-6-17(19(14)11-29(2)3)15-7-21(25)20(22(26)8-15)12-30-13-23-18(24(30)31)9-16(27)10-28-23/h4-11H,1,12-13H2,2-3H3/b19-11+. The molecule has 1 amide bonds. The number of carbonyl (C=O) groups is 1. The van der Waals surface area contributed by atoms with E-state index < -0.39 is 0 Å². The molecule has 1 aromatic heterocycles. The summed E-state index contributed by atoms with van der Waals surface area (Å²) >= 11 is 3.37. The smallest absolute Gasteiger partial charge is 0.256 e. The maximum atomic E-state index is 12.8. The van der Waals surface area contributed by atoms with Gasteiger partial charge in [-0.1, -0.05) is 47.8 Å². The quantitative estimate of drug-likeness (QED) is 0.536. The molecule has 0 N–H and O–H groups in total. The van der Waals surface area contributed by atoms with E-state index in [-0.39, 0.29) is 5.91 Å². The molecule has 4 radical (unpaired) electrons. The van der Waals surface area contributed by atoms with E-state index in [0.29, 0.717) is 29.6 Å². The van der Waals surface area contributed by atoms with Gasteiger partial charge in [0.2, 0.25) is 0 Å². The summed E-state index contributed by atoms with van der Waals surface area (Å²) < 4.78 is 0.780. The van der Waals surface area contributed by atoms with Crippen molar-refractivity contribution in [2.75, 3.05) is 14.1 Å². The highest BCUT2D eigenvalue weighted by Crippen LogP contribution is 2.25. The van der Waals surface area contributed by atoms with Crippen LogP contribution in [0.4, 0.5) is 0 Å². The molecule has 1 aliphatic heterocycles. The molecular formula is C24H20B2BrN3O. The van der Waals surface area contributed by atoms with E-state index in [1.807, 2.05) is 55.5 Å². The van der Waals surface area contributed by atoms with E-state index in [4.69, 9.17) is 15.7 Å². The molecule has 2 heterocycles. The number of aromatic nitrogens is 1. The largest absolute Gasteiger partial charge is 0.383 e. The van der Waals surface area contributed by atoms with Gasteiger partial charge in [0.05, 0.1) is 17.8 Å². The van der Waals surface area contributed by atoms with Crippen LogP contribution in [0.25, 0.3) is 23.9 Å². The van der Waals surface area contributed by atoms with E-state index in [2.05, 4.69) is 27.5 Å². The number of carbonyl (C=O) groups excluding carboxylic acids is 1. The number of fused-ring (bicyclic) bond motifs is 1. The van der Waals surface area contributed by atoms with Crippen LogP contribution in [0.1, 0.15) is 21.6 Å². The molecule has 0 fully saturated rings. The van der Waals surface area contributed by atoms with Crippen molar-refractivity contribution in [1.29, 1.82) is 0 Å². The third kappa shape index (κ3) is 4.19. The topological polar surface area (TPSA) is 36.4 Å². The predicted octanol–water partition coefficient (Wildman–Crippen LogP) is 0.965. The molecule has 4 rings (SSSR count). The van der Waals surface area contributed by atoms with Crippen LogP contribution in [0.3, 0.4) is 0 Å². The minimum atomic E-state index is -0.0701. The molecule has 0 spiro atoms. The van der Waals surface area contributed by atoms with E-state index >= 15 is 0 Å². The first-order valence-electron chi connectivity index (χ1n) is 9.83. The van der Waals surface area contributed by atoms with E-state index in [0.717, 1.165) is 37.3 Å². The molecule has 7 heteroatoms. The molecule has 2 aromatic carbocycles. The van der Waals surface area contributed by atoms with Crippen molar-refractivity contribution in [1.82, 2.24) is 14.8 Å². The van der Waals surface area contributed by atoms with Gasteiger partial charge in [0, 0.05) is 42.7 Å². The number of amides is 1. The Kier molecular flexibility index (Phi) is 5.80. The Morgan fingerprint density at radius 2 is 1.90 bits per heavy atom. The van der Waals surface area contributed by atoms with E-state index in [9.17, 15) is 4.79 Å². The first-order chi connectivity index (χ1) is 14.7. The van der Waals surface area contributed by atoms with Crippen LogP contribution in [0.15, 0.2) is 47.1 Å². The Morgan fingerprint density at radius 1 is 1.19 bits per heavy atom. The lowest BCUT2D eigenvalue weighted by atomic mass is 9.78. The second-order valence-electron chi connectivity index (χ2n) is 7.91. The SMILES string of the molecule is [B]c1cc(-c2cccc(=C)/c2=C\N(C)C)cc([B])c1CN1Cc2ncc(Br)cc2C1=O. The zero-order valence-electron chi connectivity index (χ0n) is 17.5. The van der Waals surface area contributed by atoms with Gasteiger partial charge < -0.3 is 9.80 Å². The fourth-order valence-corrected chi connectivity index (χ4v) is 4.18. The van der Waals surface area contributed by atoms with Crippen molar-refractivity contribution in [3.63, 3.8) is 0 Å². The monoisotopic (exact) mass is 467 g/mol. The highest BCUT2D eigenvalue weighted by Gasteiger charge is 2.29. The summed E-state index contributed by atoms with van der Waals surface area (Å²) in [6.07, 6.45) is 3.73. The summed E-state index contributed by atoms with van der Waals surface area (Å²) in [6.45, 7) is 4.92. The minimum absolute atomic E-state index is 0.0701. The molecule has 4 nitrogen and oxygen atoms in total. The van der Waals surface area contributed by atoms with Crippen molar-refractivity contribution >= 4 is 61.2 Å². The van der Waals surface area contributed by atoms with Crippen LogP contribution < -0.4 is 21.4 Å². The Bertz CT molecular complexity index is 1280. The third-order valence-electron chi connectivity index (χ3n) is 5.36. The van der Waals surface area contributed by atoms with Gasteiger partial charge in [-0.3, -0.25) is 9.78 Å². The van der Waals surface area contributed by atoms with Crippen LogP contribution in [0, 0.1) is 0 Å². The number of hydrogen-bond donors (Lipinski definition) is 0. The summed E-state index contributed by atoms with van der Waals surface area (Å²) in [5.74, 6) is -0.0701. The number of halogens is 1. The fourth-order valence-electron chi connectivity index (χ4n) is 3.85. The molecular weight excluding hydrogens is 448 g/mol. The lowest BCUT2D eigenvalue weighted by Gasteiger charge is -2.21. The van der Waals surface area contributed by atoms with Crippen LogP contribution in [0.5, 0.6) is 0 Å². The van der Waals surface area contributed by atoms with Gasteiger partial charge >= 0.3 is 0 Å². The maximum Gasteiger partial charge on any atom is 0.256 e. The highest BCUT2D eigenvalue weighted by atomic mass is 79.9. The lowest BCUT2D eigenvalue weighted by Crippen LogP contribution is -2.33. The molecule has 31 heavy (non-hydrogen) atoms. The maximum absolute atomic E-state index is 12.8. The zero-order chi connectivity index (χ0) is 22.3. The molecule has 3 aromatic rings. The first-order valence-corrected chi connectivity index (χ1v) is 10.6. The number of nitrogens with zero attached hydrogens (tertiary/aromatic N) is 3. The number of benzene rings is 2. The number of rotatable bonds is 4. The molecule has 1 aliphatic rings. The van der Waals surface area contributed by atoms with E-state index in [1.54, 1.807) is 17.2 Å². The summed E-state index contributed by atoms with van der Waals surface area (Å²) in [4.78, 5) is 20.9. The normalized spacial score (nSPS) is 13.6. The van der Waals surface area contributed by atoms with Gasteiger partial charge in [-0.05, 0) is 43.9 Å². The lowest BCUT2D eigenvalue weighted by molar-refractivity contribution is 0.0767. The Morgan fingerprint density at radius 3 is 2.58 bits per heavy atom. The van der Waals surface area contributed by atoms with Crippen LogP contribution in [-0.2, 0) is 13.1 Å². The number of pyridine rings is 1. The van der Waals surface area contributed by atoms with Crippen molar-refractivity contribution < 1.29 is 4.79 Å². The van der Waals surface area contributed by atoms with Crippen molar-refractivity contribution in [2.24, 2.45) is 0 Å². The Hall–Kier alpha value is -2.79. The summed E-state index contributed by atoms with van der Waals surface area (Å²) in [5.41, 5.74) is 5.14. The second kappa shape index (κ2) is 8.39. The van der Waals surface area contributed by atoms with Crippen LogP contribution >= 0.6 is 15.9 Å². The second-order valence-corrected chi connectivity index (χ2v) is 8.83. The summed E-state index contributed by atoms with van der Waals surface area (Å²) in [6, 6.07) is 11.6. The van der Waals surface area contributed by atoms with E-state index in [1.165, 1.54) is 0 Å². The zero-order valence-corrected chi connectivity index (χ0v) is 19.1. The summed E-state index contributed by atoms with van der Waals surface area (Å²) in [5, 5.41) is 1.94. The molecule has 0 bridgehead atoms. The third-order valence-corrected chi connectivity index (χ3v) is 5.79. The van der Waals surface area contributed by atoms with Gasteiger partial charge in [-0.2, -0.15) is 0 Å². The van der Waals surface area contributed by atoms with Gasteiger partial charge in [0.25, 0.3) is 5.91 Å². The van der Waals surface area contributed by atoms with Gasteiger partial charge in [-0.25, -0.2) is 0 Å². The van der Waals surface area contributed by atoms with Crippen molar-refractivity contribution in [2.45, 2.75) is 13.1 Å². The number of hydrogen-bond acceptors (Lipinski definition) is 3. The molecule has 0 saturated carbocycles. The van der Waals surface area contributed by atoms with Gasteiger partial charge in [0.1, 0.15) is 15.7 Å². The van der Waals surface area contributed by atoms with Crippen molar-refractivity contribution in [3.05, 3.63) is 74.3 Å². The van der Waals surface area contributed by atoms with Crippen molar-refractivity contribution in [3.8, 4) is 11.1 Å². The molecule has 0 atom stereocenters. The Labute approximate surface area is 193 Å². The minimum Gasteiger partial charge on any atom is -0.383 e. The molecule has 0 saturated heterocycles. The average Bonchev–Trinajstić information content (AvgIpc) is 3.01. The highest BCUT2D eigenvalue weighted by molar-refractivity contribution is 9.10. The summed E-state index contributed by atoms with van der Waals surface area (Å²) in [7, 11) is 16.8. The molecule has 0 aliphatic carbocycles. The molecule has 0 unspecified atom stereocenters.